The zero-order valence-corrected chi connectivity index (χ0v) is 14.0. The summed E-state index contributed by atoms with van der Waals surface area (Å²) >= 11 is 0. The van der Waals surface area contributed by atoms with Crippen molar-refractivity contribution in [2.75, 3.05) is 32.9 Å². The molecule has 0 radical (unpaired) electrons. The van der Waals surface area contributed by atoms with Crippen LogP contribution < -0.4 is 5.48 Å². The molecule has 0 atom stereocenters. The minimum Gasteiger partial charge on any atom is -0.379 e. The van der Waals surface area contributed by atoms with E-state index in [1.807, 2.05) is 0 Å². The molecule has 128 valence electrons. The topological polar surface area (TPSA) is 84.9 Å². The molecule has 0 unspecified atom stereocenters. The van der Waals surface area contributed by atoms with Gasteiger partial charge in [0.1, 0.15) is 0 Å². The van der Waals surface area contributed by atoms with Crippen LogP contribution in [0.5, 0.6) is 0 Å². The minimum absolute atomic E-state index is 0.197. The Morgan fingerprint density at radius 2 is 1.91 bits per heavy atom. The maximum atomic E-state index is 12.5. The molecule has 7 nitrogen and oxygen atoms in total. The summed E-state index contributed by atoms with van der Waals surface area (Å²) in [6.07, 6.45) is 0.812. The number of hydrogen-bond acceptors (Lipinski definition) is 5. The van der Waals surface area contributed by atoms with Crippen LogP contribution in [0.25, 0.3) is 0 Å². The number of nitrogens with one attached hydrogen (secondary N) is 1. The second kappa shape index (κ2) is 8.39. The molecule has 0 saturated carbocycles. The van der Waals surface area contributed by atoms with Crippen molar-refractivity contribution in [1.82, 2.24) is 9.79 Å². The number of hydroxylamine groups is 1. The van der Waals surface area contributed by atoms with Gasteiger partial charge in [0.05, 0.1) is 24.7 Å². The zero-order valence-electron chi connectivity index (χ0n) is 13.2. The number of carbonyl (C=O) groups is 1. The fourth-order valence-corrected chi connectivity index (χ4v) is 3.63. The van der Waals surface area contributed by atoms with Gasteiger partial charge in [0.15, 0.2) is 0 Å². The molecule has 1 aromatic rings. The van der Waals surface area contributed by atoms with E-state index in [0.29, 0.717) is 39.3 Å². The lowest BCUT2D eigenvalue weighted by molar-refractivity contribution is -0.133. The van der Waals surface area contributed by atoms with E-state index in [2.05, 4.69) is 5.48 Å². The largest absolute Gasteiger partial charge is 0.379 e. The number of aryl methyl sites for hydroxylation is 1. The Morgan fingerprint density at radius 3 is 2.52 bits per heavy atom. The Kier molecular flexibility index (Phi) is 6.52. The van der Waals surface area contributed by atoms with Gasteiger partial charge in [-0.3, -0.25) is 9.63 Å². The molecule has 0 aromatic heterocycles. The smallest absolute Gasteiger partial charge is 0.243 e. The first-order chi connectivity index (χ1) is 11.0. The Balaban J connectivity index is 1.94. The molecule has 1 aliphatic heterocycles. The number of amides is 1. The number of morpholine rings is 1. The summed E-state index contributed by atoms with van der Waals surface area (Å²) in [5.41, 5.74) is 3.23. The molecular weight excluding hydrogens is 320 g/mol. The van der Waals surface area contributed by atoms with E-state index in [9.17, 15) is 13.2 Å². The van der Waals surface area contributed by atoms with Gasteiger partial charge in [-0.2, -0.15) is 4.31 Å². The highest BCUT2D eigenvalue weighted by Crippen LogP contribution is 2.18. The first kappa shape index (κ1) is 17.9. The Labute approximate surface area is 136 Å². The predicted octanol–water partition coefficient (Wildman–Crippen LogP) is 0.708. The Bertz CT molecular complexity index is 609. The van der Waals surface area contributed by atoms with Crippen LogP contribution in [0.15, 0.2) is 29.2 Å². The van der Waals surface area contributed by atoms with Crippen molar-refractivity contribution in [2.24, 2.45) is 0 Å². The fraction of sp³-hybridized carbons (Fsp3) is 0.533. The van der Waals surface area contributed by atoms with E-state index in [4.69, 9.17) is 9.57 Å². The summed E-state index contributed by atoms with van der Waals surface area (Å²) in [5, 5.41) is 0. The number of hydrogen-bond donors (Lipinski definition) is 1. The molecule has 0 spiro atoms. The lowest BCUT2D eigenvalue weighted by atomic mass is 10.1. The maximum absolute atomic E-state index is 12.5. The van der Waals surface area contributed by atoms with Crippen molar-refractivity contribution in [3.63, 3.8) is 0 Å². The van der Waals surface area contributed by atoms with Gasteiger partial charge >= 0.3 is 0 Å². The fourth-order valence-electron chi connectivity index (χ4n) is 2.23. The number of rotatable bonds is 7. The van der Waals surface area contributed by atoms with Crippen molar-refractivity contribution in [1.29, 1.82) is 0 Å². The SMILES string of the molecule is CCONC(=O)CCc1ccc(S(=O)(=O)N2CCOCC2)cc1. The van der Waals surface area contributed by atoms with Crippen LogP contribution in [-0.4, -0.2) is 51.5 Å². The molecule has 0 aliphatic carbocycles. The summed E-state index contributed by atoms with van der Waals surface area (Å²) in [4.78, 5) is 16.5. The van der Waals surface area contributed by atoms with Crippen molar-refractivity contribution in [3.05, 3.63) is 29.8 Å². The molecule has 2 rings (SSSR count). The molecular formula is C15H22N2O5S. The van der Waals surface area contributed by atoms with Gasteiger partial charge in [0, 0.05) is 19.5 Å². The monoisotopic (exact) mass is 342 g/mol. The normalized spacial score (nSPS) is 16.2. The lowest BCUT2D eigenvalue weighted by Crippen LogP contribution is -2.40. The van der Waals surface area contributed by atoms with Gasteiger partial charge in [0.25, 0.3) is 0 Å². The molecule has 8 heteroatoms. The number of nitrogens with zero attached hydrogens (tertiary/aromatic N) is 1. The van der Waals surface area contributed by atoms with Gasteiger partial charge in [-0.05, 0) is 31.0 Å². The molecule has 1 fully saturated rings. The molecule has 1 heterocycles. The van der Waals surface area contributed by atoms with E-state index in [-0.39, 0.29) is 17.2 Å². The molecule has 1 saturated heterocycles. The Morgan fingerprint density at radius 1 is 1.26 bits per heavy atom. The van der Waals surface area contributed by atoms with E-state index >= 15 is 0 Å². The highest BCUT2D eigenvalue weighted by molar-refractivity contribution is 7.89. The summed E-state index contributed by atoms with van der Waals surface area (Å²) in [5.74, 6) is -0.197. The molecule has 1 N–H and O–H groups in total. The molecule has 1 aromatic carbocycles. The highest BCUT2D eigenvalue weighted by atomic mass is 32.2. The van der Waals surface area contributed by atoms with Gasteiger partial charge in [0.2, 0.25) is 15.9 Å². The Hall–Kier alpha value is -1.48. The van der Waals surface area contributed by atoms with Crippen molar-refractivity contribution in [2.45, 2.75) is 24.7 Å². The number of sulfonamides is 1. The third-order valence-electron chi connectivity index (χ3n) is 3.50. The molecule has 1 amide bonds. The van der Waals surface area contributed by atoms with Crippen LogP contribution in [0, 0.1) is 0 Å². The van der Waals surface area contributed by atoms with Gasteiger partial charge in [-0.15, -0.1) is 0 Å². The average Bonchev–Trinajstić information content (AvgIpc) is 2.59. The quantitative estimate of drug-likeness (QED) is 0.738. The molecule has 23 heavy (non-hydrogen) atoms. The van der Waals surface area contributed by atoms with Crippen molar-refractivity contribution < 1.29 is 22.8 Å². The number of ether oxygens (including phenoxy) is 1. The third kappa shape index (κ3) is 5.00. The van der Waals surface area contributed by atoms with Crippen LogP contribution in [0.1, 0.15) is 18.9 Å². The van der Waals surface area contributed by atoms with Gasteiger partial charge in [-0.25, -0.2) is 13.9 Å². The van der Waals surface area contributed by atoms with E-state index < -0.39 is 10.0 Å². The van der Waals surface area contributed by atoms with Crippen molar-refractivity contribution in [3.8, 4) is 0 Å². The highest BCUT2D eigenvalue weighted by Gasteiger charge is 2.25. The van der Waals surface area contributed by atoms with Gasteiger partial charge in [-0.1, -0.05) is 12.1 Å². The third-order valence-corrected chi connectivity index (χ3v) is 5.42. The van der Waals surface area contributed by atoms with E-state index in [1.165, 1.54) is 4.31 Å². The lowest BCUT2D eigenvalue weighted by Gasteiger charge is -2.26. The number of carbonyl (C=O) groups excluding carboxylic acids is 1. The van der Waals surface area contributed by atoms with Crippen LogP contribution in [0.4, 0.5) is 0 Å². The van der Waals surface area contributed by atoms with Crippen LogP contribution in [0.3, 0.4) is 0 Å². The second-order valence-corrected chi connectivity index (χ2v) is 7.06. The maximum Gasteiger partial charge on any atom is 0.243 e. The molecule has 0 bridgehead atoms. The summed E-state index contributed by atoms with van der Waals surface area (Å²) in [6, 6.07) is 6.64. The standard InChI is InChI=1S/C15H22N2O5S/c1-2-22-16-15(18)8-5-13-3-6-14(7-4-13)23(19,20)17-9-11-21-12-10-17/h3-4,6-7H,2,5,8-12H2,1H3,(H,16,18). The summed E-state index contributed by atoms with van der Waals surface area (Å²) in [7, 11) is -3.47. The van der Waals surface area contributed by atoms with Crippen LogP contribution >= 0.6 is 0 Å². The first-order valence-corrected chi connectivity index (χ1v) is 9.05. The second-order valence-electron chi connectivity index (χ2n) is 5.12. The first-order valence-electron chi connectivity index (χ1n) is 7.61. The van der Waals surface area contributed by atoms with Crippen LogP contribution in [-0.2, 0) is 30.8 Å². The van der Waals surface area contributed by atoms with E-state index in [0.717, 1.165) is 5.56 Å². The van der Waals surface area contributed by atoms with Gasteiger partial charge < -0.3 is 4.74 Å². The van der Waals surface area contributed by atoms with Crippen LogP contribution in [0.2, 0.25) is 0 Å². The predicted molar refractivity (Wildman–Crippen MR) is 84.1 cm³/mol. The van der Waals surface area contributed by atoms with E-state index in [1.54, 1.807) is 31.2 Å². The minimum atomic E-state index is -3.47. The summed E-state index contributed by atoms with van der Waals surface area (Å²) < 4.78 is 31.6. The summed E-state index contributed by atoms with van der Waals surface area (Å²) in [6.45, 7) is 3.80. The molecule has 1 aliphatic rings. The van der Waals surface area contributed by atoms with Crippen molar-refractivity contribution >= 4 is 15.9 Å². The average molecular weight is 342 g/mol. The number of benzene rings is 1. The zero-order chi connectivity index (χ0) is 16.7.